The fourth-order valence-corrected chi connectivity index (χ4v) is 2.87. The molecule has 0 aromatic carbocycles. The molecular weight excluding hydrogens is 416 g/mol. The summed E-state index contributed by atoms with van der Waals surface area (Å²) in [5.74, 6) is -4.54. The Kier molecular flexibility index (Phi) is 12.7. The molecule has 0 aliphatic carbocycles. The monoisotopic (exact) mass is 448 g/mol. The maximum atomic E-state index is 12.6. The summed E-state index contributed by atoms with van der Waals surface area (Å²) in [7, 11) is 0. The Morgan fingerprint density at radius 1 is 0.967 bits per heavy atom. The first kappa shape index (κ1) is 27.7. The number of thioether (sulfide) groups is 1. The average molecular weight is 449 g/mol. The number of hydrogen-bond donors (Lipinski definition) is 6. The van der Waals surface area contributed by atoms with Gasteiger partial charge in [-0.3, -0.25) is 19.2 Å². The zero-order valence-corrected chi connectivity index (χ0v) is 18.5. The van der Waals surface area contributed by atoms with Crippen molar-refractivity contribution in [1.29, 1.82) is 0 Å². The molecule has 0 aliphatic heterocycles. The molecule has 0 rings (SSSR count). The first-order valence-corrected chi connectivity index (χ1v) is 10.9. The zero-order valence-electron chi connectivity index (χ0n) is 17.6. The molecule has 11 nitrogen and oxygen atoms in total. The Bertz CT molecular complexity index is 632. The highest BCUT2D eigenvalue weighted by atomic mass is 32.2. The Labute approximate surface area is 179 Å². The first-order valence-electron chi connectivity index (χ1n) is 9.54. The highest BCUT2D eigenvalue weighted by Gasteiger charge is 2.32. The highest BCUT2D eigenvalue weighted by molar-refractivity contribution is 7.98. The molecule has 0 saturated carbocycles. The van der Waals surface area contributed by atoms with Gasteiger partial charge in [-0.1, -0.05) is 20.3 Å². The number of carbonyl (C=O) groups excluding carboxylic acids is 3. The van der Waals surface area contributed by atoms with Gasteiger partial charge in [0, 0.05) is 0 Å². The van der Waals surface area contributed by atoms with Crippen LogP contribution in [0.25, 0.3) is 0 Å². The standard InChI is InChI=1S/C18H32N4O7S/c1-5-9(2)14(17(27)21-12(18(28)29)8-13(23)24)22-15(25)10(3)20-16(26)11(19)6-7-30-4/h9-12,14H,5-8,19H2,1-4H3,(H,20,26)(H,21,27)(H,22,25)(H,23,24)(H,28,29). The van der Waals surface area contributed by atoms with E-state index >= 15 is 0 Å². The number of carboxylic acid groups (broad SMARTS) is 2. The number of amides is 3. The molecule has 0 aromatic rings. The van der Waals surface area contributed by atoms with Crippen LogP contribution < -0.4 is 21.7 Å². The minimum Gasteiger partial charge on any atom is -0.481 e. The van der Waals surface area contributed by atoms with Gasteiger partial charge >= 0.3 is 11.9 Å². The van der Waals surface area contributed by atoms with Crippen LogP contribution in [0.3, 0.4) is 0 Å². The van der Waals surface area contributed by atoms with Crippen LogP contribution in [-0.4, -0.2) is 76.0 Å². The molecule has 12 heteroatoms. The summed E-state index contributed by atoms with van der Waals surface area (Å²) in [5, 5.41) is 25.0. The van der Waals surface area contributed by atoms with E-state index in [1.165, 1.54) is 18.7 Å². The van der Waals surface area contributed by atoms with Crippen molar-refractivity contribution in [2.45, 2.75) is 64.2 Å². The molecular formula is C18H32N4O7S. The van der Waals surface area contributed by atoms with E-state index in [9.17, 15) is 24.0 Å². The van der Waals surface area contributed by atoms with E-state index in [0.717, 1.165) is 0 Å². The molecule has 3 amide bonds. The molecule has 172 valence electrons. The summed E-state index contributed by atoms with van der Waals surface area (Å²) < 4.78 is 0. The van der Waals surface area contributed by atoms with Crippen LogP contribution >= 0.6 is 11.8 Å². The predicted molar refractivity (Wildman–Crippen MR) is 112 cm³/mol. The number of rotatable bonds is 14. The lowest BCUT2D eigenvalue weighted by atomic mass is 9.97. The number of carboxylic acids is 2. The molecule has 0 aromatic heterocycles. The molecule has 0 saturated heterocycles. The summed E-state index contributed by atoms with van der Waals surface area (Å²) in [6.45, 7) is 4.89. The van der Waals surface area contributed by atoms with Crippen molar-refractivity contribution in [2.75, 3.05) is 12.0 Å². The zero-order chi connectivity index (χ0) is 23.4. The smallest absolute Gasteiger partial charge is 0.326 e. The average Bonchev–Trinajstić information content (AvgIpc) is 2.67. The van der Waals surface area contributed by atoms with Gasteiger partial charge in [0.15, 0.2) is 0 Å². The Morgan fingerprint density at radius 2 is 1.57 bits per heavy atom. The summed E-state index contributed by atoms with van der Waals surface area (Å²) in [6.07, 6.45) is 2.00. The number of carbonyl (C=O) groups is 5. The van der Waals surface area contributed by atoms with Crippen molar-refractivity contribution in [3.05, 3.63) is 0 Å². The Balaban J connectivity index is 5.12. The number of aliphatic carboxylic acids is 2. The first-order chi connectivity index (χ1) is 13.9. The second-order valence-electron chi connectivity index (χ2n) is 6.99. The molecule has 0 radical (unpaired) electrons. The Morgan fingerprint density at radius 3 is 2.03 bits per heavy atom. The molecule has 0 aliphatic rings. The van der Waals surface area contributed by atoms with Crippen LogP contribution in [0.4, 0.5) is 0 Å². The van der Waals surface area contributed by atoms with Crippen LogP contribution in [0.1, 0.15) is 40.0 Å². The van der Waals surface area contributed by atoms with Gasteiger partial charge in [-0.15, -0.1) is 0 Å². The molecule has 0 heterocycles. The fourth-order valence-electron chi connectivity index (χ4n) is 2.38. The number of nitrogens with one attached hydrogen (secondary N) is 3. The lowest BCUT2D eigenvalue weighted by Crippen LogP contribution is -2.58. The minimum atomic E-state index is -1.63. The van der Waals surface area contributed by atoms with Crippen molar-refractivity contribution in [2.24, 2.45) is 11.7 Å². The van der Waals surface area contributed by atoms with E-state index in [0.29, 0.717) is 18.6 Å². The van der Waals surface area contributed by atoms with Crippen LogP contribution in [0.2, 0.25) is 0 Å². The van der Waals surface area contributed by atoms with E-state index in [2.05, 4.69) is 16.0 Å². The van der Waals surface area contributed by atoms with Gasteiger partial charge in [0.25, 0.3) is 0 Å². The maximum Gasteiger partial charge on any atom is 0.326 e. The maximum absolute atomic E-state index is 12.6. The van der Waals surface area contributed by atoms with Crippen molar-refractivity contribution < 1.29 is 34.2 Å². The predicted octanol–water partition coefficient (Wildman–Crippen LogP) is -0.853. The van der Waals surface area contributed by atoms with E-state index in [4.69, 9.17) is 15.9 Å². The van der Waals surface area contributed by atoms with Gasteiger partial charge in [0.2, 0.25) is 17.7 Å². The summed E-state index contributed by atoms with van der Waals surface area (Å²) >= 11 is 1.54. The molecule has 0 fully saturated rings. The van der Waals surface area contributed by atoms with Gasteiger partial charge in [0.05, 0.1) is 12.5 Å². The van der Waals surface area contributed by atoms with Gasteiger partial charge in [0.1, 0.15) is 18.1 Å². The van der Waals surface area contributed by atoms with Crippen molar-refractivity contribution in [3.8, 4) is 0 Å². The second kappa shape index (κ2) is 13.8. The molecule has 5 unspecified atom stereocenters. The third-order valence-corrected chi connectivity index (χ3v) is 5.15. The van der Waals surface area contributed by atoms with Crippen LogP contribution in [0.15, 0.2) is 0 Å². The SMILES string of the molecule is CCC(C)C(NC(=O)C(C)NC(=O)C(N)CCSC)C(=O)NC(CC(=O)O)C(=O)O. The second-order valence-corrected chi connectivity index (χ2v) is 7.97. The number of nitrogens with two attached hydrogens (primary N) is 1. The van der Waals surface area contributed by atoms with Crippen LogP contribution in [0, 0.1) is 5.92 Å². The van der Waals surface area contributed by atoms with E-state index in [1.807, 2.05) is 6.26 Å². The normalized spacial score (nSPS) is 15.8. The van der Waals surface area contributed by atoms with Crippen LogP contribution in [-0.2, 0) is 24.0 Å². The lowest BCUT2D eigenvalue weighted by Gasteiger charge is -2.27. The van der Waals surface area contributed by atoms with Crippen molar-refractivity contribution in [1.82, 2.24) is 16.0 Å². The lowest BCUT2D eigenvalue weighted by molar-refractivity contribution is -0.147. The van der Waals surface area contributed by atoms with Crippen molar-refractivity contribution in [3.63, 3.8) is 0 Å². The fraction of sp³-hybridized carbons (Fsp3) is 0.722. The van der Waals surface area contributed by atoms with Gasteiger partial charge < -0.3 is 31.9 Å². The summed E-state index contributed by atoms with van der Waals surface area (Å²) in [4.78, 5) is 59.1. The van der Waals surface area contributed by atoms with E-state index in [1.54, 1.807) is 13.8 Å². The van der Waals surface area contributed by atoms with E-state index < -0.39 is 60.2 Å². The minimum absolute atomic E-state index is 0.375. The molecule has 30 heavy (non-hydrogen) atoms. The highest BCUT2D eigenvalue weighted by Crippen LogP contribution is 2.09. The van der Waals surface area contributed by atoms with Crippen molar-refractivity contribution >= 4 is 41.4 Å². The largest absolute Gasteiger partial charge is 0.481 e. The quantitative estimate of drug-likeness (QED) is 0.197. The molecule has 7 N–H and O–H groups in total. The molecule has 0 bridgehead atoms. The van der Waals surface area contributed by atoms with Crippen LogP contribution in [0.5, 0.6) is 0 Å². The topological polar surface area (TPSA) is 188 Å². The number of hydrogen-bond acceptors (Lipinski definition) is 7. The third kappa shape index (κ3) is 9.92. The van der Waals surface area contributed by atoms with Gasteiger partial charge in [-0.05, 0) is 31.3 Å². The van der Waals surface area contributed by atoms with Gasteiger partial charge in [-0.2, -0.15) is 11.8 Å². The molecule has 5 atom stereocenters. The third-order valence-electron chi connectivity index (χ3n) is 4.51. The Hall–Kier alpha value is -2.34. The summed E-state index contributed by atoms with van der Waals surface area (Å²) in [6, 6.07) is -4.49. The van der Waals surface area contributed by atoms with E-state index in [-0.39, 0.29) is 5.92 Å². The molecule has 0 spiro atoms. The van der Waals surface area contributed by atoms with Gasteiger partial charge in [-0.25, -0.2) is 4.79 Å². The summed E-state index contributed by atoms with van der Waals surface area (Å²) in [5.41, 5.74) is 5.77.